The Morgan fingerprint density at radius 1 is 1.38 bits per heavy atom. The molecule has 2 heterocycles. The lowest BCUT2D eigenvalue weighted by molar-refractivity contribution is 0.0235. The molecule has 1 aromatic carbocycles. The van der Waals surface area contributed by atoms with Gasteiger partial charge in [-0.3, -0.25) is 14.0 Å². The second kappa shape index (κ2) is 6.14. The summed E-state index contributed by atoms with van der Waals surface area (Å²) in [6.45, 7) is 0. The van der Waals surface area contributed by atoms with Crippen molar-refractivity contribution in [2.24, 2.45) is 20.0 Å². The molecule has 0 unspecified atom stereocenters. The third kappa shape index (κ3) is 2.82. The number of oxazole rings is 1. The average Bonchev–Trinajstić information content (AvgIpc) is 3.13. The Labute approximate surface area is 149 Å². The van der Waals surface area contributed by atoms with E-state index in [1.165, 1.54) is 4.57 Å². The van der Waals surface area contributed by atoms with E-state index >= 15 is 0 Å². The summed E-state index contributed by atoms with van der Waals surface area (Å²) in [6.07, 6.45) is 4.59. The van der Waals surface area contributed by atoms with Crippen LogP contribution in [0.3, 0.4) is 0 Å². The number of aryl methyl sites for hydroxylation is 2. The van der Waals surface area contributed by atoms with Gasteiger partial charge in [0.15, 0.2) is 5.58 Å². The maximum atomic E-state index is 12.8. The van der Waals surface area contributed by atoms with E-state index in [4.69, 9.17) is 4.42 Å². The quantitative estimate of drug-likeness (QED) is 0.729. The van der Waals surface area contributed by atoms with Crippen molar-refractivity contribution >= 4 is 17.0 Å². The zero-order valence-electron chi connectivity index (χ0n) is 14.5. The number of fused-ring (bicyclic) bond motifs is 1. The monoisotopic (exact) mass is 356 g/mol. The molecule has 1 aliphatic carbocycles. The van der Waals surface area contributed by atoms with Crippen LogP contribution in [0.5, 0.6) is 0 Å². The first-order valence-corrected chi connectivity index (χ1v) is 8.49. The Bertz CT molecular complexity index is 1030. The fraction of sp³-hybridized carbons (Fsp3) is 0.389. The van der Waals surface area contributed by atoms with Crippen LogP contribution < -0.4 is 11.1 Å². The molecule has 3 aromatic rings. The molecule has 136 valence electrons. The molecule has 1 amide bonds. The summed E-state index contributed by atoms with van der Waals surface area (Å²) in [7, 11) is 3.43. The van der Waals surface area contributed by atoms with E-state index in [0.717, 1.165) is 5.56 Å². The molecule has 0 radical (unpaired) electrons. The second-order valence-corrected chi connectivity index (χ2v) is 6.89. The number of aliphatic hydroxyl groups is 1. The SMILES string of the molecule is Cn1cc([C@@H](NC(=O)c2ccc3oc(=O)n(C)c3c2)C2CC(O)C2)cn1. The fourth-order valence-electron chi connectivity index (χ4n) is 3.47. The number of nitrogens with zero attached hydrogens (tertiary/aromatic N) is 3. The number of hydrogen-bond acceptors (Lipinski definition) is 5. The minimum Gasteiger partial charge on any atom is -0.408 e. The molecule has 1 fully saturated rings. The van der Waals surface area contributed by atoms with Crippen LogP contribution in [-0.4, -0.2) is 31.5 Å². The van der Waals surface area contributed by atoms with Crippen LogP contribution >= 0.6 is 0 Å². The van der Waals surface area contributed by atoms with E-state index in [1.807, 2.05) is 13.2 Å². The van der Waals surface area contributed by atoms with Crippen LogP contribution in [0.1, 0.15) is 34.8 Å². The summed E-state index contributed by atoms with van der Waals surface area (Å²) in [5.74, 6) is -0.537. The van der Waals surface area contributed by atoms with E-state index in [2.05, 4.69) is 10.4 Å². The maximum Gasteiger partial charge on any atom is 0.419 e. The Morgan fingerprint density at radius 2 is 2.15 bits per heavy atom. The van der Waals surface area contributed by atoms with E-state index in [-0.39, 0.29) is 24.0 Å². The highest BCUT2D eigenvalue weighted by atomic mass is 16.4. The number of carbonyl (C=O) groups is 1. The van der Waals surface area contributed by atoms with Gasteiger partial charge in [-0.2, -0.15) is 5.10 Å². The van der Waals surface area contributed by atoms with Crippen molar-refractivity contribution in [1.29, 1.82) is 0 Å². The normalized spacial score (nSPS) is 20.7. The highest BCUT2D eigenvalue weighted by molar-refractivity contribution is 5.97. The minimum atomic E-state index is -0.464. The Balaban J connectivity index is 1.62. The van der Waals surface area contributed by atoms with Crippen LogP contribution in [0.15, 0.2) is 39.8 Å². The van der Waals surface area contributed by atoms with Crippen molar-refractivity contribution in [3.8, 4) is 0 Å². The van der Waals surface area contributed by atoms with Crippen molar-refractivity contribution in [3.05, 3.63) is 52.3 Å². The minimum absolute atomic E-state index is 0.167. The summed E-state index contributed by atoms with van der Waals surface area (Å²) in [6, 6.07) is 4.68. The number of amides is 1. The first-order chi connectivity index (χ1) is 12.4. The Kier molecular flexibility index (Phi) is 3.91. The van der Waals surface area contributed by atoms with Crippen LogP contribution in [0.2, 0.25) is 0 Å². The van der Waals surface area contributed by atoms with Crippen LogP contribution in [0.25, 0.3) is 11.1 Å². The van der Waals surface area contributed by atoms with E-state index in [9.17, 15) is 14.7 Å². The molecule has 8 heteroatoms. The van der Waals surface area contributed by atoms with Gasteiger partial charge in [0.2, 0.25) is 0 Å². The van der Waals surface area contributed by atoms with Gasteiger partial charge < -0.3 is 14.8 Å². The van der Waals surface area contributed by atoms with E-state index in [1.54, 1.807) is 36.1 Å². The highest BCUT2D eigenvalue weighted by Gasteiger charge is 2.36. The first-order valence-electron chi connectivity index (χ1n) is 8.49. The predicted octanol–water partition coefficient (Wildman–Crippen LogP) is 1.11. The summed E-state index contributed by atoms with van der Waals surface area (Å²) < 4.78 is 8.16. The molecule has 8 nitrogen and oxygen atoms in total. The summed E-state index contributed by atoms with van der Waals surface area (Å²) >= 11 is 0. The molecule has 1 saturated carbocycles. The van der Waals surface area contributed by atoms with E-state index in [0.29, 0.717) is 29.5 Å². The molecule has 1 aliphatic rings. The number of aromatic nitrogens is 3. The van der Waals surface area contributed by atoms with E-state index < -0.39 is 5.76 Å². The number of aliphatic hydroxyl groups excluding tert-OH is 1. The van der Waals surface area contributed by atoms with Crippen molar-refractivity contribution in [3.63, 3.8) is 0 Å². The smallest absolute Gasteiger partial charge is 0.408 e. The predicted molar refractivity (Wildman–Crippen MR) is 93.6 cm³/mol. The Hall–Kier alpha value is -2.87. The molecule has 0 spiro atoms. The molecule has 0 saturated heterocycles. The summed E-state index contributed by atoms with van der Waals surface area (Å²) in [5.41, 5.74) is 2.37. The third-order valence-corrected chi connectivity index (χ3v) is 5.05. The zero-order valence-corrected chi connectivity index (χ0v) is 14.5. The van der Waals surface area contributed by atoms with Crippen LogP contribution in [0.4, 0.5) is 0 Å². The summed E-state index contributed by atoms with van der Waals surface area (Å²) in [5, 5.41) is 16.9. The molecular weight excluding hydrogens is 336 g/mol. The molecule has 2 N–H and O–H groups in total. The lowest BCUT2D eigenvalue weighted by Crippen LogP contribution is -2.41. The third-order valence-electron chi connectivity index (χ3n) is 5.05. The van der Waals surface area contributed by atoms with Crippen LogP contribution in [-0.2, 0) is 14.1 Å². The van der Waals surface area contributed by atoms with Crippen molar-refractivity contribution in [1.82, 2.24) is 19.7 Å². The topological polar surface area (TPSA) is 102 Å². The summed E-state index contributed by atoms with van der Waals surface area (Å²) in [4.78, 5) is 24.4. The van der Waals surface area contributed by atoms with Crippen molar-refractivity contribution in [2.75, 3.05) is 0 Å². The number of hydrogen-bond donors (Lipinski definition) is 2. The van der Waals surface area contributed by atoms with Gasteiger partial charge in [0, 0.05) is 31.4 Å². The van der Waals surface area contributed by atoms with Gasteiger partial charge in [-0.05, 0) is 37.0 Å². The molecule has 26 heavy (non-hydrogen) atoms. The standard InChI is InChI=1S/C18H20N4O4/c1-21-9-12(8-19-21)16(11-5-13(23)6-11)20-17(24)10-3-4-15-14(7-10)22(2)18(25)26-15/h3-4,7-9,11,13,16,23H,5-6H2,1-2H3,(H,20,24)/t11?,13?,16-/m0/s1. The van der Waals surface area contributed by atoms with Gasteiger partial charge in [-0.1, -0.05) is 0 Å². The maximum absolute atomic E-state index is 12.8. The second-order valence-electron chi connectivity index (χ2n) is 6.89. The zero-order chi connectivity index (χ0) is 18.4. The number of benzene rings is 1. The van der Waals surface area contributed by atoms with Gasteiger partial charge in [0.05, 0.1) is 23.9 Å². The molecule has 4 rings (SSSR count). The largest absolute Gasteiger partial charge is 0.419 e. The van der Waals surface area contributed by atoms with Gasteiger partial charge in [0.1, 0.15) is 0 Å². The molecule has 1 atom stereocenters. The first kappa shape index (κ1) is 16.6. The number of carbonyl (C=O) groups excluding carboxylic acids is 1. The lowest BCUT2D eigenvalue weighted by atomic mass is 9.75. The van der Waals surface area contributed by atoms with Crippen molar-refractivity contribution < 1.29 is 14.3 Å². The fourth-order valence-corrected chi connectivity index (χ4v) is 3.47. The van der Waals surface area contributed by atoms with Gasteiger partial charge in [0.25, 0.3) is 5.91 Å². The molecular formula is C18H20N4O4. The number of nitrogens with one attached hydrogen (secondary N) is 1. The van der Waals surface area contributed by atoms with Gasteiger partial charge >= 0.3 is 5.76 Å². The molecule has 0 bridgehead atoms. The highest BCUT2D eigenvalue weighted by Crippen LogP contribution is 2.38. The van der Waals surface area contributed by atoms with Gasteiger partial charge in [-0.15, -0.1) is 0 Å². The molecule has 0 aliphatic heterocycles. The lowest BCUT2D eigenvalue weighted by Gasteiger charge is -2.37. The van der Waals surface area contributed by atoms with Crippen molar-refractivity contribution in [2.45, 2.75) is 25.0 Å². The van der Waals surface area contributed by atoms with Gasteiger partial charge in [-0.25, -0.2) is 4.79 Å². The van der Waals surface area contributed by atoms with Crippen LogP contribution in [0, 0.1) is 5.92 Å². The Morgan fingerprint density at radius 3 is 2.81 bits per heavy atom. The molecule has 2 aromatic heterocycles. The average molecular weight is 356 g/mol. The number of rotatable bonds is 4.